The van der Waals surface area contributed by atoms with Gasteiger partial charge in [-0.3, -0.25) is 4.79 Å². The number of ether oxygens (including phenoxy) is 1. The molecule has 6 heteroatoms. The number of carbonyl (C=O) groups is 1. The van der Waals surface area contributed by atoms with E-state index in [0.29, 0.717) is 18.7 Å². The fraction of sp³-hybridized carbons (Fsp3) is 0.235. The lowest BCUT2D eigenvalue weighted by Crippen LogP contribution is -2.38. The lowest BCUT2D eigenvalue weighted by Gasteiger charge is -2.33. The molecule has 2 aromatic rings. The second-order valence-corrected chi connectivity index (χ2v) is 5.81. The van der Waals surface area contributed by atoms with Crippen molar-refractivity contribution in [2.75, 3.05) is 18.6 Å². The van der Waals surface area contributed by atoms with Crippen molar-refractivity contribution in [1.29, 1.82) is 0 Å². The van der Waals surface area contributed by atoms with Gasteiger partial charge in [-0.2, -0.15) is 0 Å². The highest BCUT2D eigenvalue weighted by Crippen LogP contribution is 2.36. The number of hydrogen-bond acceptors (Lipinski definition) is 3. The Bertz CT molecular complexity index is 766. The Labute approximate surface area is 138 Å². The fourth-order valence-corrected chi connectivity index (χ4v) is 3.01. The minimum atomic E-state index is -0.475. The van der Waals surface area contributed by atoms with Crippen molar-refractivity contribution in [3.8, 4) is 5.75 Å². The Kier molecular flexibility index (Phi) is 4.24. The third-order valence-corrected chi connectivity index (χ3v) is 4.31. The number of fused-ring (bicyclic) bond motifs is 1. The summed E-state index contributed by atoms with van der Waals surface area (Å²) in [4.78, 5) is 14.4. The lowest BCUT2D eigenvalue weighted by atomic mass is 9.96. The molecule has 23 heavy (non-hydrogen) atoms. The number of carbonyl (C=O) groups excluding carboxylic acids is 1. The Morgan fingerprint density at radius 3 is 2.83 bits per heavy atom. The molecule has 1 atom stereocenters. The van der Waals surface area contributed by atoms with Crippen molar-refractivity contribution >= 4 is 23.2 Å². The van der Waals surface area contributed by atoms with Crippen LogP contribution in [0.3, 0.4) is 0 Å². The SMILES string of the molecule is COc1ccc2c(c1)C(N)CCN2C(=O)c1ccc(F)cc1Cl. The molecule has 1 heterocycles. The molecule has 120 valence electrons. The van der Waals surface area contributed by atoms with Gasteiger partial charge >= 0.3 is 0 Å². The van der Waals surface area contributed by atoms with E-state index in [2.05, 4.69) is 0 Å². The van der Waals surface area contributed by atoms with Crippen LogP contribution in [-0.2, 0) is 0 Å². The van der Waals surface area contributed by atoms with Crippen LogP contribution < -0.4 is 15.4 Å². The maximum absolute atomic E-state index is 13.2. The van der Waals surface area contributed by atoms with Crippen LogP contribution in [0.4, 0.5) is 10.1 Å². The van der Waals surface area contributed by atoms with E-state index in [0.717, 1.165) is 17.3 Å². The summed E-state index contributed by atoms with van der Waals surface area (Å²) in [6.07, 6.45) is 0.630. The first-order chi connectivity index (χ1) is 11.0. The Hall–Kier alpha value is -2.11. The van der Waals surface area contributed by atoms with E-state index in [4.69, 9.17) is 22.1 Å². The molecule has 1 amide bonds. The maximum Gasteiger partial charge on any atom is 0.259 e. The van der Waals surface area contributed by atoms with E-state index in [1.54, 1.807) is 18.1 Å². The van der Waals surface area contributed by atoms with Gasteiger partial charge in [-0.25, -0.2) is 4.39 Å². The number of methoxy groups -OCH3 is 1. The highest BCUT2D eigenvalue weighted by atomic mass is 35.5. The summed E-state index contributed by atoms with van der Waals surface area (Å²) in [6, 6.07) is 9.03. The number of rotatable bonds is 2. The van der Waals surface area contributed by atoms with Crippen LogP contribution in [0.25, 0.3) is 0 Å². The molecule has 2 N–H and O–H groups in total. The number of halogens is 2. The molecular formula is C17H16ClFN2O2. The molecule has 2 aromatic carbocycles. The number of hydrogen-bond donors (Lipinski definition) is 1. The first kappa shape index (κ1) is 15.8. The van der Waals surface area contributed by atoms with E-state index >= 15 is 0 Å². The van der Waals surface area contributed by atoms with E-state index in [9.17, 15) is 9.18 Å². The molecule has 0 saturated heterocycles. The standard InChI is InChI=1S/C17H16ClFN2O2/c1-23-11-3-5-16-13(9-11)15(20)6-7-21(16)17(22)12-4-2-10(19)8-14(12)18/h2-5,8-9,15H,6-7,20H2,1H3. The summed E-state index contributed by atoms with van der Waals surface area (Å²) in [5.41, 5.74) is 8.00. The van der Waals surface area contributed by atoms with Crippen LogP contribution in [0.15, 0.2) is 36.4 Å². The molecule has 0 aliphatic carbocycles. The van der Waals surface area contributed by atoms with Gasteiger partial charge in [0.1, 0.15) is 11.6 Å². The van der Waals surface area contributed by atoms with Crippen LogP contribution >= 0.6 is 11.6 Å². The first-order valence-corrected chi connectivity index (χ1v) is 7.59. The summed E-state index contributed by atoms with van der Waals surface area (Å²) in [7, 11) is 1.58. The van der Waals surface area contributed by atoms with Gasteiger partial charge in [-0.15, -0.1) is 0 Å². The summed E-state index contributed by atoms with van der Waals surface area (Å²) < 4.78 is 18.4. The number of amides is 1. The number of nitrogens with zero attached hydrogens (tertiary/aromatic N) is 1. The average Bonchev–Trinajstić information content (AvgIpc) is 2.54. The number of benzene rings is 2. The second-order valence-electron chi connectivity index (χ2n) is 5.40. The summed E-state index contributed by atoms with van der Waals surface area (Å²) in [6.45, 7) is 0.479. The van der Waals surface area contributed by atoms with Gasteiger partial charge in [0.25, 0.3) is 5.91 Å². The minimum Gasteiger partial charge on any atom is -0.497 e. The molecule has 0 spiro atoms. The van der Waals surface area contributed by atoms with Crippen molar-refractivity contribution in [1.82, 2.24) is 0 Å². The van der Waals surface area contributed by atoms with Gasteiger partial charge in [0.15, 0.2) is 0 Å². The topological polar surface area (TPSA) is 55.6 Å². The summed E-state index contributed by atoms with van der Waals surface area (Å²) in [5, 5.41) is 0.0972. The van der Waals surface area contributed by atoms with Crippen molar-refractivity contribution < 1.29 is 13.9 Å². The van der Waals surface area contributed by atoms with E-state index in [-0.39, 0.29) is 22.5 Å². The summed E-state index contributed by atoms with van der Waals surface area (Å²) >= 11 is 6.01. The second kappa shape index (κ2) is 6.18. The highest BCUT2D eigenvalue weighted by molar-refractivity contribution is 6.34. The monoisotopic (exact) mass is 334 g/mol. The third kappa shape index (κ3) is 2.90. The van der Waals surface area contributed by atoms with Gasteiger partial charge in [0.2, 0.25) is 0 Å². The smallest absolute Gasteiger partial charge is 0.259 e. The van der Waals surface area contributed by atoms with E-state index in [1.807, 2.05) is 12.1 Å². The highest BCUT2D eigenvalue weighted by Gasteiger charge is 2.29. The predicted molar refractivity (Wildman–Crippen MR) is 87.6 cm³/mol. The third-order valence-electron chi connectivity index (χ3n) is 4.00. The van der Waals surface area contributed by atoms with Gasteiger partial charge in [-0.05, 0) is 48.4 Å². The first-order valence-electron chi connectivity index (χ1n) is 7.21. The molecule has 0 bridgehead atoms. The maximum atomic E-state index is 13.2. The van der Waals surface area contributed by atoms with E-state index in [1.165, 1.54) is 12.1 Å². The molecule has 1 aliphatic rings. The molecule has 1 aliphatic heterocycles. The average molecular weight is 335 g/mol. The zero-order valence-corrected chi connectivity index (χ0v) is 13.3. The van der Waals surface area contributed by atoms with Gasteiger partial charge in [0, 0.05) is 18.3 Å². The Balaban J connectivity index is 2.01. The normalized spacial score (nSPS) is 16.9. The van der Waals surface area contributed by atoms with Crippen molar-refractivity contribution in [2.24, 2.45) is 5.73 Å². The molecule has 1 unspecified atom stereocenters. The number of anilines is 1. The molecule has 0 fully saturated rings. The van der Waals surface area contributed by atoms with Crippen LogP contribution in [0, 0.1) is 5.82 Å². The molecule has 0 radical (unpaired) electrons. The quantitative estimate of drug-likeness (QED) is 0.914. The van der Waals surface area contributed by atoms with Crippen molar-refractivity contribution in [3.05, 3.63) is 58.4 Å². The lowest BCUT2D eigenvalue weighted by molar-refractivity contribution is 0.0984. The summed E-state index contributed by atoms with van der Waals surface area (Å²) in [5.74, 6) is -0.0565. The molecule has 0 aromatic heterocycles. The van der Waals surface area contributed by atoms with Crippen molar-refractivity contribution in [3.63, 3.8) is 0 Å². The molecule has 0 saturated carbocycles. The minimum absolute atomic E-state index is 0.0972. The van der Waals surface area contributed by atoms with Gasteiger partial charge in [0.05, 0.1) is 17.7 Å². The number of nitrogens with two attached hydrogens (primary N) is 1. The zero-order valence-electron chi connectivity index (χ0n) is 12.6. The van der Waals surface area contributed by atoms with Gasteiger partial charge < -0.3 is 15.4 Å². The largest absolute Gasteiger partial charge is 0.497 e. The predicted octanol–water partition coefficient (Wildman–Crippen LogP) is 3.54. The van der Waals surface area contributed by atoms with Crippen molar-refractivity contribution in [2.45, 2.75) is 12.5 Å². The molecular weight excluding hydrogens is 319 g/mol. The fourth-order valence-electron chi connectivity index (χ4n) is 2.77. The van der Waals surface area contributed by atoms with Crippen LogP contribution in [0.2, 0.25) is 5.02 Å². The van der Waals surface area contributed by atoms with Crippen LogP contribution in [0.5, 0.6) is 5.75 Å². The zero-order chi connectivity index (χ0) is 16.6. The molecule has 3 rings (SSSR count). The Morgan fingerprint density at radius 2 is 2.13 bits per heavy atom. The Morgan fingerprint density at radius 1 is 1.35 bits per heavy atom. The molecule has 4 nitrogen and oxygen atoms in total. The van der Waals surface area contributed by atoms with Crippen LogP contribution in [0.1, 0.15) is 28.4 Å². The van der Waals surface area contributed by atoms with E-state index < -0.39 is 5.82 Å². The van der Waals surface area contributed by atoms with Crippen LogP contribution in [-0.4, -0.2) is 19.6 Å². The van der Waals surface area contributed by atoms with Gasteiger partial charge in [-0.1, -0.05) is 11.6 Å².